The fourth-order valence-electron chi connectivity index (χ4n) is 3.04. The molecule has 0 aliphatic carbocycles. The number of para-hydroxylation sites is 2. The van der Waals surface area contributed by atoms with Crippen molar-refractivity contribution in [3.05, 3.63) is 57.6 Å². The second-order valence-electron chi connectivity index (χ2n) is 8.84. The molecule has 0 saturated carbocycles. The minimum Gasteiger partial charge on any atom is -0.483 e. The summed E-state index contributed by atoms with van der Waals surface area (Å²) in [5.41, 5.74) is 0.672. The zero-order chi connectivity index (χ0) is 23.8. The first-order valence-corrected chi connectivity index (χ1v) is 11.8. The Morgan fingerprint density at radius 2 is 1.00 bits per heavy atom. The minimum atomic E-state index is -0.420. The van der Waals surface area contributed by atoms with Crippen LogP contribution in [-0.2, 0) is 0 Å². The first-order chi connectivity index (χ1) is 14.8. The molecule has 32 heavy (non-hydrogen) atoms. The van der Waals surface area contributed by atoms with Gasteiger partial charge in [0.1, 0.15) is 33.0 Å². The third kappa shape index (κ3) is 5.20. The van der Waals surface area contributed by atoms with Gasteiger partial charge in [0.05, 0.1) is 33.3 Å². The molecule has 2 heterocycles. The highest BCUT2D eigenvalue weighted by Gasteiger charge is 2.34. The normalized spacial score (nSPS) is 22.8. The van der Waals surface area contributed by atoms with Crippen LogP contribution in [0.3, 0.4) is 0 Å². The number of aliphatic imine (C=N–C) groups is 2. The smallest absolute Gasteiger partial charge is 0.149 e. The SMILES string of the molecule is CC1N=C(Cl)c2cccc(Cl)c2OC1(C)C.C[C@H]1N=C(Cl)c2cccc(Cl)c2OC1(C)C. The minimum absolute atomic E-state index is 0.0246. The van der Waals surface area contributed by atoms with E-state index in [1.165, 1.54) is 0 Å². The molecule has 0 N–H and O–H groups in total. The van der Waals surface area contributed by atoms with Crippen LogP contribution in [0.25, 0.3) is 0 Å². The molecule has 4 nitrogen and oxygen atoms in total. The van der Waals surface area contributed by atoms with Gasteiger partial charge in [0, 0.05) is 0 Å². The summed E-state index contributed by atoms with van der Waals surface area (Å²) in [5.74, 6) is 1.24. The Labute approximate surface area is 209 Å². The fourth-order valence-corrected chi connectivity index (χ4v) is 4.05. The van der Waals surface area contributed by atoms with E-state index in [1.54, 1.807) is 12.1 Å². The van der Waals surface area contributed by atoms with Gasteiger partial charge < -0.3 is 9.47 Å². The molecule has 2 aromatic rings. The monoisotopic (exact) mass is 514 g/mol. The van der Waals surface area contributed by atoms with Crippen molar-refractivity contribution in [2.45, 2.75) is 64.8 Å². The van der Waals surface area contributed by atoms with E-state index >= 15 is 0 Å². The van der Waals surface area contributed by atoms with Crippen molar-refractivity contribution in [1.82, 2.24) is 0 Å². The van der Waals surface area contributed by atoms with Crippen molar-refractivity contribution < 1.29 is 9.47 Å². The number of rotatable bonds is 0. The van der Waals surface area contributed by atoms with Crippen LogP contribution in [0.1, 0.15) is 52.7 Å². The van der Waals surface area contributed by atoms with Crippen molar-refractivity contribution in [3.8, 4) is 11.5 Å². The van der Waals surface area contributed by atoms with Gasteiger partial charge in [0.2, 0.25) is 0 Å². The van der Waals surface area contributed by atoms with Gasteiger partial charge in [0.25, 0.3) is 0 Å². The predicted molar refractivity (Wildman–Crippen MR) is 136 cm³/mol. The van der Waals surface area contributed by atoms with Gasteiger partial charge >= 0.3 is 0 Å². The van der Waals surface area contributed by atoms with Crippen molar-refractivity contribution in [2.24, 2.45) is 9.98 Å². The van der Waals surface area contributed by atoms with Crippen LogP contribution in [-0.4, -0.2) is 33.6 Å². The lowest BCUT2D eigenvalue weighted by molar-refractivity contribution is 0.0889. The Morgan fingerprint density at radius 1 is 0.656 bits per heavy atom. The molecule has 0 saturated heterocycles. The third-order valence-corrected chi connectivity index (χ3v) is 6.93. The summed E-state index contributed by atoms with van der Waals surface area (Å²) in [6.45, 7) is 11.9. The lowest BCUT2D eigenvalue weighted by Gasteiger charge is -2.29. The molecule has 0 amide bonds. The van der Waals surface area contributed by atoms with Gasteiger partial charge in [-0.25, -0.2) is 0 Å². The standard InChI is InChI=1S/2C12H13Cl2NO/c2*1-7-12(2,3)16-10-8(11(14)15-7)5-4-6-9(10)13/h2*4-7H,1-3H3/t7-;/m1./s1. The van der Waals surface area contributed by atoms with Crippen LogP contribution in [0.5, 0.6) is 11.5 Å². The molecule has 172 valence electrons. The summed E-state index contributed by atoms with van der Waals surface area (Å²) in [4.78, 5) is 8.82. The average Bonchev–Trinajstić information content (AvgIpc) is 2.84. The molecule has 2 aliphatic rings. The number of benzene rings is 2. The molecule has 2 aromatic carbocycles. The first-order valence-electron chi connectivity index (χ1n) is 10.3. The molecule has 2 atom stereocenters. The van der Waals surface area contributed by atoms with Crippen LogP contribution in [0.15, 0.2) is 46.4 Å². The Balaban J connectivity index is 0.000000181. The molecule has 0 radical (unpaired) electrons. The van der Waals surface area contributed by atoms with E-state index in [4.69, 9.17) is 55.9 Å². The van der Waals surface area contributed by atoms with E-state index in [0.717, 1.165) is 11.1 Å². The second kappa shape index (κ2) is 9.42. The third-order valence-electron chi connectivity index (χ3n) is 5.73. The fraction of sp³-hybridized carbons (Fsp3) is 0.417. The van der Waals surface area contributed by atoms with Gasteiger partial charge in [-0.05, 0) is 65.8 Å². The number of halogens is 4. The first kappa shape index (κ1) is 25.2. The van der Waals surface area contributed by atoms with E-state index in [2.05, 4.69) is 9.98 Å². The Morgan fingerprint density at radius 3 is 1.34 bits per heavy atom. The largest absolute Gasteiger partial charge is 0.483 e. The van der Waals surface area contributed by atoms with E-state index in [1.807, 2.05) is 65.8 Å². The molecule has 0 bridgehead atoms. The molecule has 1 unspecified atom stereocenters. The molecule has 2 aliphatic heterocycles. The lowest BCUT2D eigenvalue weighted by atomic mass is 10.0. The van der Waals surface area contributed by atoms with Gasteiger partial charge in [-0.2, -0.15) is 0 Å². The highest BCUT2D eigenvalue weighted by Crippen LogP contribution is 2.38. The van der Waals surface area contributed by atoms with Crippen LogP contribution in [0.2, 0.25) is 10.0 Å². The van der Waals surface area contributed by atoms with Crippen molar-refractivity contribution in [1.29, 1.82) is 0 Å². The Hall–Kier alpha value is -1.46. The molecule has 0 aromatic heterocycles. The van der Waals surface area contributed by atoms with Crippen LogP contribution in [0, 0.1) is 0 Å². The molecular weight excluding hydrogens is 490 g/mol. The summed E-state index contributed by atoms with van der Waals surface area (Å²) in [5, 5.41) is 2.03. The Kier molecular flexibility index (Phi) is 7.41. The van der Waals surface area contributed by atoms with Crippen molar-refractivity contribution in [3.63, 3.8) is 0 Å². The second-order valence-corrected chi connectivity index (χ2v) is 10.4. The maximum Gasteiger partial charge on any atom is 0.149 e. The van der Waals surface area contributed by atoms with Gasteiger partial charge in [-0.15, -0.1) is 0 Å². The number of nitrogens with zero attached hydrogens (tertiary/aromatic N) is 2. The highest BCUT2D eigenvalue weighted by molar-refractivity contribution is 6.70. The molecular formula is C24H26Cl4N2O2. The van der Waals surface area contributed by atoms with Crippen LogP contribution >= 0.6 is 46.4 Å². The molecule has 0 spiro atoms. The number of ether oxygens (including phenoxy) is 2. The molecule has 4 rings (SSSR count). The number of hydrogen-bond donors (Lipinski definition) is 0. The van der Waals surface area contributed by atoms with Gasteiger partial charge in [-0.1, -0.05) is 58.5 Å². The number of fused-ring (bicyclic) bond motifs is 2. The highest BCUT2D eigenvalue weighted by atomic mass is 35.5. The van der Waals surface area contributed by atoms with Crippen LogP contribution < -0.4 is 9.47 Å². The van der Waals surface area contributed by atoms with Crippen molar-refractivity contribution >= 4 is 56.7 Å². The van der Waals surface area contributed by atoms with Crippen LogP contribution in [0.4, 0.5) is 0 Å². The maximum atomic E-state index is 6.16. The topological polar surface area (TPSA) is 43.2 Å². The zero-order valence-corrected chi connectivity index (χ0v) is 21.9. The zero-order valence-electron chi connectivity index (χ0n) is 18.8. The Bertz CT molecular complexity index is 994. The summed E-state index contributed by atoms with van der Waals surface area (Å²) in [6.07, 6.45) is 0. The maximum absolute atomic E-state index is 6.16. The van der Waals surface area contributed by atoms with E-state index in [9.17, 15) is 0 Å². The van der Waals surface area contributed by atoms with Gasteiger partial charge in [-0.3, -0.25) is 9.98 Å². The van der Waals surface area contributed by atoms with E-state index in [-0.39, 0.29) is 12.1 Å². The summed E-state index contributed by atoms with van der Waals surface area (Å²) < 4.78 is 11.9. The summed E-state index contributed by atoms with van der Waals surface area (Å²) in [6, 6.07) is 10.9. The van der Waals surface area contributed by atoms with Gasteiger partial charge in [0.15, 0.2) is 0 Å². The quantitative estimate of drug-likeness (QED) is 0.359. The molecule has 8 heteroatoms. The summed E-state index contributed by atoms with van der Waals surface area (Å²) in [7, 11) is 0. The summed E-state index contributed by atoms with van der Waals surface area (Å²) >= 11 is 24.5. The molecule has 0 fully saturated rings. The average molecular weight is 516 g/mol. The van der Waals surface area contributed by atoms with E-state index in [0.29, 0.717) is 31.9 Å². The predicted octanol–water partition coefficient (Wildman–Crippen LogP) is 7.77. The van der Waals surface area contributed by atoms with Crippen molar-refractivity contribution in [2.75, 3.05) is 0 Å². The number of hydrogen-bond acceptors (Lipinski definition) is 4. The lowest BCUT2D eigenvalue weighted by Crippen LogP contribution is -2.38. The van der Waals surface area contributed by atoms with E-state index < -0.39 is 11.2 Å².